The summed E-state index contributed by atoms with van der Waals surface area (Å²) in [5, 5.41) is 4.20. The third-order valence-corrected chi connectivity index (χ3v) is 2.17. The number of halogens is 1. The van der Waals surface area contributed by atoms with Crippen molar-refractivity contribution in [3.63, 3.8) is 0 Å². The summed E-state index contributed by atoms with van der Waals surface area (Å²) >= 11 is 2.27. The SMILES string of the molecule is CC[C@@H](C)n1cc(I)cn1. The number of hydrogen-bond donors (Lipinski definition) is 0. The van der Waals surface area contributed by atoms with Gasteiger partial charge in [0.2, 0.25) is 0 Å². The third kappa shape index (κ3) is 1.71. The average Bonchev–Trinajstić information content (AvgIpc) is 2.34. The van der Waals surface area contributed by atoms with E-state index in [1.807, 2.05) is 10.9 Å². The Morgan fingerprint density at radius 3 is 2.90 bits per heavy atom. The van der Waals surface area contributed by atoms with Crippen LogP contribution in [0.3, 0.4) is 0 Å². The summed E-state index contributed by atoms with van der Waals surface area (Å²) < 4.78 is 3.21. The van der Waals surface area contributed by atoms with E-state index in [2.05, 4.69) is 47.7 Å². The van der Waals surface area contributed by atoms with E-state index in [1.165, 1.54) is 3.57 Å². The first-order chi connectivity index (χ1) is 4.74. The second kappa shape index (κ2) is 3.37. The van der Waals surface area contributed by atoms with E-state index in [1.54, 1.807) is 0 Å². The van der Waals surface area contributed by atoms with Gasteiger partial charge in [0.15, 0.2) is 0 Å². The Hall–Kier alpha value is -0.0600. The minimum atomic E-state index is 0.531. The third-order valence-electron chi connectivity index (χ3n) is 1.61. The Bertz CT molecular complexity index is 207. The van der Waals surface area contributed by atoms with Crippen LogP contribution in [0.25, 0.3) is 0 Å². The molecule has 2 nitrogen and oxygen atoms in total. The van der Waals surface area contributed by atoms with Crippen LogP contribution >= 0.6 is 22.6 Å². The highest BCUT2D eigenvalue weighted by atomic mass is 127. The fraction of sp³-hybridized carbons (Fsp3) is 0.571. The zero-order chi connectivity index (χ0) is 7.56. The first-order valence-corrected chi connectivity index (χ1v) is 4.51. The molecule has 0 N–H and O–H groups in total. The Labute approximate surface area is 74.8 Å². The lowest BCUT2D eigenvalue weighted by molar-refractivity contribution is 0.478. The summed E-state index contributed by atoms with van der Waals surface area (Å²) in [7, 11) is 0. The second-order valence-corrected chi connectivity index (χ2v) is 3.64. The van der Waals surface area contributed by atoms with Crippen LogP contribution in [-0.4, -0.2) is 9.78 Å². The van der Waals surface area contributed by atoms with E-state index in [4.69, 9.17) is 0 Å². The van der Waals surface area contributed by atoms with E-state index in [0.29, 0.717) is 6.04 Å². The van der Waals surface area contributed by atoms with Crippen molar-refractivity contribution in [2.75, 3.05) is 0 Å². The molecule has 0 fully saturated rings. The molecule has 0 spiro atoms. The fourth-order valence-corrected chi connectivity index (χ4v) is 1.15. The fourth-order valence-electron chi connectivity index (χ4n) is 0.743. The first-order valence-electron chi connectivity index (χ1n) is 3.43. The van der Waals surface area contributed by atoms with Gasteiger partial charge in [-0.25, -0.2) is 0 Å². The van der Waals surface area contributed by atoms with E-state index in [9.17, 15) is 0 Å². The molecule has 0 bridgehead atoms. The lowest BCUT2D eigenvalue weighted by Gasteiger charge is -2.07. The van der Waals surface area contributed by atoms with Crippen LogP contribution in [0.15, 0.2) is 12.4 Å². The van der Waals surface area contributed by atoms with E-state index in [-0.39, 0.29) is 0 Å². The molecule has 0 radical (unpaired) electrons. The van der Waals surface area contributed by atoms with E-state index < -0.39 is 0 Å². The zero-order valence-electron chi connectivity index (χ0n) is 6.21. The topological polar surface area (TPSA) is 17.8 Å². The molecule has 1 rings (SSSR count). The van der Waals surface area contributed by atoms with Crippen LogP contribution in [0.2, 0.25) is 0 Å². The molecule has 1 heterocycles. The van der Waals surface area contributed by atoms with Gasteiger partial charge >= 0.3 is 0 Å². The molecule has 0 unspecified atom stereocenters. The Morgan fingerprint density at radius 2 is 2.50 bits per heavy atom. The molecule has 10 heavy (non-hydrogen) atoms. The molecule has 0 saturated carbocycles. The standard InChI is InChI=1S/C7H11IN2/c1-3-6(2)10-5-7(8)4-9-10/h4-6H,3H2,1-2H3/t6-/m1/s1. The molecule has 0 aliphatic rings. The van der Waals surface area contributed by atoms with Crippen molar-refractivity contribution in [2.45, 2.75) is 26.3 Å². The summed E-state index contributed by atoms with van der Waals surface area (Å²) in [5.41, 5.74) is 0. The van der Waals surface area contributed by atoms with Gasteiger partial charge in [-0.15, -0.1) is 0 Å². The molecular formula is C7H11IN2. The van der Waals surface area contributed by atoms with Gasteiger partial charge in [-0.3, -0.25) is 4.68 Å². The summed E-state index contributed by atoms with van der Waals surface area (Å²) in [6, 6.07) is 0.531. The molecule has 3 heteroatoms. The van der Waals surface area contributed by atoms with Crippen LogP contribution in [-0.2, 0) is 0 Å². The van der Waals surface area contributed by atoms with Crippen molar-refractivity contribution >= 4 is 22.6 Å². The molecule has 1 atom stereocenters. The van der Waals surface area contributed by atoms with Gasteiger partial charge in [-0.1, -0.05) is 6.92 Å². The molecule has 1 aromatic rings. The van der Waals surface area contributed by atoms with Crippen LogP contribution in [0.5, 0.6) is 0 Å². The normalized spacial score (nSPS) is 13.5. The smallest absolute Gasteiger partial charge is 0.0623 e. The number of rotatable bonds is 2. The lowest BCUT2D eigenvalue weighted by Crippen LogP contribution is -2.03. The van der Waals surface area contributed by atoms with Gasteiger partial charge in [0.1, 0.15) is 0 Å². The van der Waals surface area contributed by atoms with Gasteiger partial charge < -0.3 is 0 Å². The Kier molecular flexibility index (Phi) is 2.71. The van der Waals surface area contributed by atoms with Crippen LogP contribution in [0, 0.1) is 3.57 Å². The van der Waals surface area contributed by atoms with Gasteiger partial charge in [0.05, 0.1) is 9.77 Å². The monoisotopic (exact) mass is 250 g/mol. The van der Waals surface area contributed by atoms with E-state index in [0.717, 1.165) is 6.42 Å². The number of nitrogens with zero attached hydrogens (tertiary/aromatic N) is 2. The van der Waals surface area contributed by atoms with Crippen LogP contribution < -0.4 is 0 Å². The molecule has 0 amide bonds. The molecular weight excluding hydrogens is 239 g/mol. The van der Waals surface area contributed by atoms with Crippen molar-refractivity contribution < 1.29 is 0 Å². The average molecular weight is 250 g/mol. The largest absolute Gasteiger partial charge is 0.269 e. The Morgan fingerprint density at radius 1 is 1.80 bits per heavy atom. The zero-order valence-corrected chi connectivity index (χ0v) is 8.37. The molecule has 0 aliphatic heterocycles. The predicted molar refractivity (Wildman–Crippen MR) is 49.9 cm³/mol. The molecule has 56 valence electrons. The van der Waals surface area contributed by atoms with E-state index >= 15 is 0 Å². The number of hydrogen-bond acceptors (Lipinski definition) is 1. The summed E-state index contributed by atoms with van der Waals surface area (Å²) in [4.78, 5) is 0. The minimum absolute atomic E-state index is 0.531. The first kappa shape index (κ1) is 8.04. The Balaban J connectivity index is 2.74. The molecule has 0 aromatic carbocycles. The van der Waals surface area contributed by atoms with Gasteiger partial charge in [0.25, 0.3) is 0 Å². The van der Waals surface area contributed by atoms with Crippen molar-refractivity contribution in [3.05, 3.63) is 16.0 Å². The minimum Gasteiger partial charge on any atom is -0.269 e. The van der Waals surface area contributed by atoms with Crippen molar-refractivity contribution in [1.29, 1.82) is 0 Å². The maximum atomic E-state index is 4.20. The highest BCUT2D eigenvalue weighted by Crippen LogP contribution is 2.10. The molecule has 0 aliphatic carbocycles. The van der Waals surface area contributed by atoms with Crippen molar-refractivity contribution in [3.8, 4) is 0 Å². The summed E-state index contributed by atoms with van der Waals surface area (Å²) in [6.45, 7) is 4.34. The maximum Gasteiger partial charge on any atom is 0.0623 e. The quantitative estimate of drug-likeness (QED) is 0.737. The molecule has 1 aromatic heterocycles. The maximum absolute atomic E-state index is 4.20. The predicted octanol–water partition coefficient (Wildman–Crippen LogP) is 2.46. The van der Waals surface area contributed by atoms with Gasteiger partial charge in [0, 0.05) is 12.2 Å². The second-order valence-electron chi connectivity index (χ2n) is 2.40. The van der Waals surface area contributed by atoms with Crippen LogP contribution in [0.1, 0.15) is 26.3 Å². The van der Waals surface area contributed by atoms with Gasteiger partial charge in [-0.05, 0) is 35.9 Å². The summed E-state index contributed by atoms with van der Waals surface area (Å²) in [6.07, 6.45) is 5.08. The van der Waals surface area contributed by atoms with Crippen molar-refractivity contribution in [1.82, 2.24) is 9.78 Å². The molecule has 0 saturated heterocycles. The number of aromatic nitrogens is 2. The lowest BCUT2D eigenvalue weighted by atomic mass is 10.3. The van der Waals surface area contributed by atoms with Gasteiger partial charge in [-0.2, -0.15) is 5.10 Å². The van der Waals surface area contributed by atoms with Crippen molar-refractivity contribution in [2.24, 2.45) is 0 Å². The highest BCUT2D eigenvalue weighted by Gasteiger charge is 2.01. The highest BCUT2D eigenvalue weighted by molar-refractivity contribution is 14.1. The van der Waals surface area contributed by atoms with Crippen LogP contribution in [0.4, 0.5) is 0 Å². The summed E-state index contributed by atoms with van der Waals surface area (Å²) in [5.74, 6) is 0.